The van der Waals surface area contributed by atoms with E-state index < -0.39 is 12.2 Å². The molecule has 5 heteroatoms. The van der Waals surface area contributed by atoms with Crippen LogP contribution < -0.4 is 5.43 Å². The van der Waals surface area contributed by atoms with Gasteiger partial charge in [0.1, 0.15) is 6.04 Å². The molecule has 78 valence electrons. The van der Waals surface area contributed by atoms with Crippen LogP contribution in [0.5, 0.6) is 0 Å². The fourth-order valence-electron chi connectivity index (χ4n) is 1.72. The van der Waals surface area contributed by atoms with Crippen LogP contribution in [-0.4, -0.2) is 30.3 Å². The Balaban J connectivity index is 2.60. The van der Waals surface area contributed by atoms with Crippen molar-refractivity contribution < 1.29 is 13.2 Å². The molecule has 0 saturated carbocycles. The van der Waals surface area contributed by atoms with Crippen LogP contribution in [0.4, 0.5) is 13.2 Å². The van der Waals surface area contributed by atoms with Crippen LogP contribution in [0.2, 0.25) is 0 Å². The number of hydrogen-bond donors (Lipinski definition) is 1. The van der Waals surface area contributed by atoms with Crippen LogP contribution >= 0.6 is 0 Å². The largest absolute Gasteiger partial charge is 0.405 e. The quantitative estimate of drug-likeness (QED) is 0.687. The molecule has 1 fully saturated rings. The highest BCUT2D eigenvalue weighted by Gasteiger charge is 2.46. The lowest BCUT2D eigenvalue weighted by Gasteiger charge is -2.21. The molecular formula is C8H15F3N2. The summed E-state index contributed by atoms with van der Waals surface area (Å²) in [6.07, 6.45) is -3.98. The van der Waals surface area contributed by atoms with Gasteiger partial charge in [-0.15, -0.1) is 0 Å². The van der Waals surface area contributed by atoms with Gasteiger partial charge in [-0.05, 0) is 12.3 Å². The van der Waals surface area contributed by atoms with Gasteiger partial charge in [0.05, 0.1) is 0 Å². The van der Waals surface area contributed by atoms with Gasteiger partial charge in [0.25, 0.3) is 0 Å². The molecule has 0 spiro atoms. The van der Waals surface area contributed by atoms with Gasteiger partial charge in [0.15, 0.2) is 0 Å². The molecule has 0 aromatic heterocycles. The van der Waals surface area contributed by atoms with Crippen molar-refractivity contribution in [2.45, 2.75) is 38.5 Å². The summed E-state index contributed by atoms with van der Waals surface area (Å²) in [7, 11) is 1.66. The maximum absolute atomic E-state index is 12.3. The number of hydrazine groups is 1. The molecule has 0 aromatic carbocycles. The van der Waals surface area contributed by atoms with Crippen molar-refractivity contribution >= 4 is 0 Å². The molecule has 0 amide bonds. The van der Waals surface area contributed by atoms with Crippen molar-refractivity contribution in [3.63, 3.8) is 0 Å². The zero-order valence-corrected chi connectivity index (χ0v) is 8.02. The van der Waals surface area contributed by atoms with Gasteiger partial charge < -0.3 is 0 Å². The SMILES string of the molecule is CC(C)C1CC(C(F)(F)F)NN1C. The van der Waals surface area contributed by atoms with Crippen molar-refractivity contribution in [3.8, 4) is 0 Å². The molecule has 1 rings (SSSR count). The number of hydrogen-bond acceptors (Lipinski definition) is 2. The topological polar surface area (TPSA) is 15.3 Å². The summed E-state index contributed by atoms with van der Waals surface area (Å²) in [6, 6.07) is -1.39. The Hall–Kier alpha value is -0.290. The first kappa shape index (κ1) is 10.8. The molecule has 2 atom stereocenters. The van der Waals surface area contributed by atoms with Crippen molar-refractivity contribution in [3.05, 3.63) is 0 Å². The first-order valence-corrected chi connectivity index (χ1v) is 4.38. The third kappa shape index (κ3) is 2.34. The van der Waals surface area contributed by atoms with Crippen LogP contribution in [0.1, 0.15) is 20.3 Å². The van der Waals surface area contributed by atoms with E-state index in [1.807, 2.05) is 13.8 Å². The molecule has 2 nitrogen and oxygen atoms in total. The Kier molecular flexibility index (Phi) is 2.87. The number of nitrogens with one attached hydrogen (secondary N) is 1. The highest BCUT2D eigenvalue weighted by Crippen LogP contribution is 2.30. The predicted octanol–water partition coefficient (Wildman–Crippen LogP) is 1.78. The van der Waals surface area contributed by atoms with Gasteiger partial charge in [0, 0.05) is 13.1 Å². The summed E-state index contributed by atoms with van der Waals surface area (Å²) >= 11 is 0. The highest BCUT2D eigenvalue weighted by atomic mass is 19.4. The molecular weight excluding hydrogens is 181 g/mol. The molecule has 0 aromatic rings. The highest BCUT2D eigenvalue weighted by molar-refractivity contribution is 4.88. The van der Waals surface area contributed by atoms with Crippen molar-refractivity contribution in [2.24, 2.45) is 5.92 Å². The monoisotopic (exact) mass is 196 g/mol. The number of rotatable bonds is 1. The minimum atomic E-state index is -4.13. The van der Waals surface area contributed by atoms with E-state index in [1.54, 1.807) is 12.1 Å². The zero-order chi connectivity index (χ0) is 10.2. The second kappa shape index (κ2) is 3.46. The Morgan fingerprint density at radius 1 is 1.38 bits per heavy atom. The fraction of sp³-hybridized carbons (Fsp3) is 1.00. The van der Waals surface area contributed by atoms with Gasteiger partial charge in [-0.3, -0.25) is 0 Å². The van der Waals surface area contributed by atoms with E-state index in [2.05, 4.69) is 5.43 Å². The molecule has 1 aliphatic heterocycles. The Morgan fingerprint density at radius 3 is 2.15 bits per heavy atom. The van der Waals surface area contributed by atoms with Gasteiger partial charge in [-0.2, -0.15) is 13.2 Å². The Morgan fingerprint density at radius 2 is 1.92 bits per heavy atom. The van der Waals surface area contributed by atoms with Gasteiger partial charge in [-0.1, -0.05) is 13.8 Å². The van der Waals surface area contributed by atoms with Gasteiger partial charge >= 0.3 is 6.18 Å². The minimum Gasteiger partial charge on any atom is -0.244 e. The number of nitrogens with zero attached hydrogens (tertiary/aromatic N) is 1. The summed E-state index contributed by atoms with van der Waals surface area (Å²) in [5, 5.41) is 1.57. The standard InChI is InChI=1S/C8H15F3N2/c1-5(2)6-4-7(8(9,10)11)12-13(6)3/h5-7,12H,4H2,1-3H3. The first-order valence-electron chi connectivity index (χ1n) is 4.38. The molecule has 1 heterocycles. The lowest BCUT2D eigenvalue weighted by molar-refractivity contribution is -0.156. The first-order chi connectivity index (χ1) is 5.82. The van der Waals surface area contributed by atoms with Gasteiger partial charge in [0.2, 0.25) is 0 Å². The lowest BCUT2D eigenvalue weighted by Crippen LogP contribution is -2.43. The van der Waals surface area contributed by atoms with Crippen LogP contribution in [0.3, 0.4) is 0 Å². The van der Waals surface area contributed by atoms with Crippen LogP contribution in [-0.2, 0) is 0 Å². The molecule has 13 heavy (non-hydrogen) atoms. The summed E-state index contributed by atoms with van der Waals surface area (Å²) in [5.41, 5.74) is 2.43. The molecule has 0 bridgehead atoms. The van der Waals surface area contributed by atoms with E-state index >= 15 is 0 Å². The van der Waals surface area contributed by atoms with Gasteiger partial charge in [-0.25, -0.2) is 10.4 Å². The Labute approximate surface area is 76.1 Å². The molecule has 2 unspecified atom stereocenters. The predicted molar refractivity (Wildman–Crippen MR) is 44.0 cm³/mol. The molecule has 1 saturated heterocycles. The number of halogens is 3. The van der Waals surface area contributed by atoms with E-state index in [-0.39, 0.29) is 18.4 Å². The smallest absolute Gasteiger partial charge is 0.244 e. The summed E-state index contributed by atoms with van der Waals surface area (Å²) in [5.74, 6) is 0.241. The second-order valence-electron chi connectivity index (χ2n) is 3.88. The maximum Gasteiger partial charge on any atom is 0.405 e. The van der Waals surface area contributed by atoms with Crippen LogP contribution in [0, 0.1) is 5.92 Å². The summed E-state index contributed by atoms with van der Waals surface area (Å²) in [6.45, 7) is 3.86. The van der Waals surface area contributed by atoms with E-state index in [4.69, 9.17) is 0 Å². The van der Waals surface area contributed by atoms with E-state index in [0.29, 0.717) is 0 Å². The normalized spacial score (nSPS) is 31.6. The molecule has 1 aliphatic rings. The second-order valence-corrected chi connectivity index (χ2v) is 3.88. The van der Waals surface area contributed by atoms with Crippen molar-refractivity contribution in [1.82, 2.24) is 10.4 Å². The molecule has 0 aliphatic carbocycles. The average molecular weight is 196 g/mol. The van der Waals surface area contributed by atoms with Crippen LogP contribution in [0.25, 0.3) is 0 Å². The number of alkyl halides is 3. The summed E-state index contributed by atoms with van der Waals surface area (Å²) in [4.78, 5) is 0. The minimum absolute atomic E-state index is 0.0216. The van der Waals surface area contributed by atoms with E-state index in [1.165, 1.54) is 0 Å². The van der Waals surface area contributed by atoms with Crippen molar-refractivity contribution in [1.29, 1.82) is 0 Å². The Bertz CT molecular complexity index is 179. The fourth-order valence-corrected chi connectivity index (χ4v) is 1.72. The van der Waals surface area contributed by atoms with E-state index in [0.717, 1.165) is 0 Å². The third-order valence-electron chi connectivity index (χ3n) is 2.50. The summed E-state index contributed by atoms with van der Waals surface area (Å²) < 4.78 is 36.8. The zero-order valence-electron chi connectivity index (χ0n) is 8.02. The van der Waals surface area contributed by atoms with Crippen LogP contribution in [0.15, 0.2) is 0 Å². The third-order valence-corrected chi connectivity index (χ3v) is 2.50. The molecule has 0 radical (unpaired) electrons. The van der Waals surface area contributed by atoms with E-state index in [9.17, 15) is 13.2 Å². The lowest BCUT2D eigenvalue weighted by atomic mass is 9.99. The average Bonchev–Trinajstić information content (AvgIpc) is 2.29. The maximum atomic E-state index is 12.3. The molecule has 1 N–H and O–H groups in total. The van der Waals surface area contributed by atoms with Crippen molar-refractivity contribution in [2.75, 3.05) is 7.05 Å².